The van der Waals surface area contributed by atoms with E-state index in [-0.39, 0.29) is 13.2 Å². The SMILES string of the molecule is CCOC(=O)/C=c1\s/c(=C\c2ccccc2Cl)c(=O)n1CC(=O)OC. The van der Waals surface area contributed by atoms with Gasteiger partial charge in [0.1, 0.15) is 11.2 Å². The minimum Gasteiger partial charge on any atom is -0.468 e. The van der Waals surface area contributed by atoms with Crippen LogP contribution < -0.4 is 14.8 Å². The van der Waals surface area contributed by atoms with Crippen LogP contribution in [0.4, 0.5) is 0 Å². The summed E-state index contributed by atoms with van der Waals surface area (Å²) in [4.78, 5) is 35.9. The number of carbonyl (C=O) groups is 2. The van der Waals surface area contributed by atoms with E-state index >= 15 is 0 Å². The molecule has 2 rings (SSSR count). The number of methoxy groups -OCH3 is 1. The zero-order chi connectivity index (χ0) is 18.4. The van der Waals surface area contributed by atoms with Crippen LogP contribution in [0.1, 0.15) is 12.5 Å². The van der Waals surface area contributed by atoms with E-state index in [4.69, 9.17) is 16.3 Å². The Kier molecular flexibility index (Phi) is 6.55. The number of rotatable bonds is 5. The lowest BCUT2D eigenvalue weighted by atomic mass is 10.2. The summed E-state index contributed by atoms with van der Waals surface area (Å²) in [6, 6.07) is 7.05. The normalized spacial score (nSPS) is 12.3. The van der Waals surface area contributed by atoms with Gasteiger partial charge in [-0.3, -0.25) is 14.2 Å². The molecule has 8 heteroatoms. The molecule has 1 heterocycles. The zero-order valence-electron chi connectivity index (χ0n) is 13.7. The second-order valence-electron chi connectivity index (χ2n) is 4.83. The number of aromatic nitrogens is 1. The molecule has 0 saturated carbocycles. The number of esters is 2. The highest BCUT2D eigenvalue weighted by Crippen LogP contribution is 2.14. The number of ether oxygens (including phenoxy) is 2. The van der Waals surface area contributed by atoms with Gasteiger partial charge in [-0.05, 0) is 24.6 Å². The number of halogens is 1. The van der Waals surface area contributed by atoms with Gasteiger partial charge < -0.3 is 9.47 Å². The lowest BCUT2D eigenvalue weighted by molar-refractivity contribution is -0.141. The second kappa shape index (κ2) is 8.64. The Bertz CT molecular complexity index is 960. The quantitative estimate of drug-likeness (QED) is 0.720. The summed E-state index contributed by atoms with van der Waals surface area (Å²) in [7, 11) is 1.23. The van der Waals surface area contributed by atoms with E-state index in [0.717, 1.165) is 11.3 Å². The first kappa shape index (κ1) is 19.0. The molecule has 2 aromatic rings. The summed E-state index contributed by atoms with van der Waals surface area (Å²) in [5.74, 6) is -1.19. The predicted molar refractivity (Wildman–Crippen MR) is 96.0 cm³/mol. The number of carbonyl (C=O) groups excluding carboxylic acids is 2. The van der Waals surface area contributed by atoms with Crippen molar-refractivity contribution < 1.29 is 19.1 Å². The second-order valence-corrected chi connectivity index (χ2v) is 6.30. The van der Waals surface area contributed by atoms with Crippen LogP contribution in [0.2, 0.25) is 5.02 Å². The summed E-state index contributed by atoms with van der Waals surface area (Å²) in [6.45, 7) is 1.59. The highest BCUT2D eigenvalue weighted by Gasteiger charge is 2.11. The molecule has 6 nitrogen and oxygen atoms in total. The van der Waals surface area contributed by atoms with E-state index in [0.29, 0.717) is 19.8 Å². The maximum absolute atomic E-state index is 12.6. The molecule has 0 fully saturated rings. The van der Waals surface area contributed by atoms with Crippen LogP contribution >= 0.6 is 22.9 Å². The number of hydrogen-bond donors (Lipinski definition) is 0. The number of thiazole rings is 1. The van der Waals surface area contributed by atoms with Gasteiger partial charge in [0.05, 0.1) is 24.3 Å². The average molecular weight is 382 g/mol. The highest BCUT2D eigenvalue weighted by atomic mass is 35.5. The van der Waals surface area contributed by atoms with E-state index < -0.39 is 17.5 Å². The first-order valence-corrected chi connectivity index (χ1v) is 8.57. The molecule has 0 amide bonds. The van der Waals surface area contributed by atoms with Crippen LogP contribution in [-0.2, 0) is 25.6 Å². The minimum atomic E-state index is -0.595. The van der Waals surface area contributed by atoms with Crippen molar-refractivity contribution in [2.75, 3.05) is 13.7 Å². The molecule has 0 bridgehead atoms. The highest BCUT2D eigenvalue weighted by molar-refractivity contribution is 7.07. The zero-order valence-corrected chi connectivity index (χ0v) is 15.2. The molecule has 0 unspecified atom stereocenters. The van der Waals surface area contributed by atoms with E-state index in [2.05, 4.69) is 4.74 Å². The van der Waals surface area contributed by atoms with Crippen molar-refractivity contribution in [1.82, 2.24) is 4.57 Å². The predicted octanol–water partition coefficient (Wildman–Crippen LogP) is 0.909. The molecular formula is C17H16ClNO5S. The van der Waals surface area contributed by atoms with Crippen molar-refractivity contribution in [3.63, 3.8) is 0 Å². The van der Waals surface area contributed by atoms with Crippen LogP contribution in [0.3, 0.4) is 0 Å². The Morgan fingerprint density at radius 3 is 2.68 bits per heavy atom. The third-order valence-corrected chi connectivity index (χ3v) is 4.58. The molecule has 0 atom stereocenters. The van der Waals surface area contributed by atoms with Gasteiger partial charge in [0.2, 0.25) is 0 Å². The largest absolute Gasteiger partial charge is 0.468 e. The monoisotopic (exact) mass is 381 g/mol. The van der Waals surface area contributed by atoms with Gasteiger partial charge in [0.25, 0.3) is 5.56 Å². The smallest absolute Gasteiger partial charge is 0.333 e. The van der Waals surface area contributed by atoms with E-state index in [1.54, 1.807) is 37.3 Å². The van der Waals surface area contributed by atoms with Gasteiger partial charge >= 0.3 is 11.9 Å². The van der Waals surface area contributed by atoms with Crippen molar-refractivity contribution in [2.24, 2.45) is 0 Å². The third kappa shape index (κ3) is 4.80. The van der Waals surface area contributed by atoms with Gasteiger partial charge in [-0.1, -0.05) is 29.8 Å². The van der Waals surface area contributed by atoms with Crippen molar-refractivity contribution in [1.29, 1.82) is 0 Å². The van der Waals surface area contributed by atoms with Crippen LogP contribution in [0.5, 0.6) is 0 Å². The van der Waals surface area contributed by atoms with Gasteiger partial charge in [-0.15, -0.1) is 11.3 Å². The molecule has 0 radical (unpaired) electrons. The molecule has 0 spiro atoms. The molecule has 0 N–H and O–H groups in total. The van der Waals surface area contributed by atoms with Crippen LogP contribution in [-0.4, -0.2) is 30.2 Å². The fourth-order valence-corrected chi connectivity index (χ4v) is 3.22. The Balaban J connectivity index is 2.64. The van der Waals surface area contributed by atoms with E-state index in [1.165, 1.54) is 17.8 Å². The maximum atomic E-state index is 12.6. The molecular weight excluding hydrogens is 366 g/mol. The third-order valence-electron chi connectivity index (χ3n) is 3.17. The van der Waals surface area contributed by atoms with Gasteiger partial charge in [0, 0.05) is 5.02 Å². The Hall–Kier alpha value is -2.38. The molecule has 1 aromatic heterocycles. The van der Waals surface area contributed by atoms with Crippen molar-refractivity contribution >= 4 is 47.0 Å². The maximum Gasteiger partial charge on any atom is 0.333 e. The van der Waals surface area contributed by atoms with Gasteiger partial charge in [-0.25, -0.2) is 4.79 Å². The first-order valence-electron chi connectivity index (χ1n) is 7.37. The summed E-state index contributed by atoms with van der Waals surface area (Å²) in [5, 5.41) is 0.491. The average Bonchev–Trinajstić information content (AvgIpc) is 2.85. The molecule has 1 aromatic carbocycles. The molecule has 0 aliphatic rings. The van der Waals surface area contributed by atoms with Crippen LogP contribution in [0.25, 0.3) is 12.2 Å². The number of hydrogen-bond acceptors (Lipinski definition) is 6. The molecule has 0 saturated heterocycles. The van der Waals surface area contributed by atoms with Crippen LogP contribution in [0, 0.1) is 0 Å². The van der Waals surface area contributed by atoms with Crippen molar-refractivity contribution in [2.45, 2.75) is 13.5 Å². The number of nitrogens with zero attached hydrogens (tertiary/aromatic N) is 1. The first-order chi connectivity index (χ1) is 12.0. The Morgan fingerprint density at radius 2 is 2.04 bits per heavy atom. The molecule has 0 aliphatic heterocycles. The molecule has 0 aliphatic carbocycles. The summed E-state index contributed by atoms with van der Waals surface area (Å²) < 4.78 is 11.3. The Labute approximate surface area is 152 Å². The Morgan fingerprint density at radius 1 is 1.32 bits per heavy atom. The van der Waals surface area contributed by atoms with Crippen molar-refractivity contribution in [3.05, 3.63) is 54.4 Å². The van der Waals surface area contributed by atoms with Crippen LogP contribution in [0.15, 0.2) is 29.1 Å². The summed E-state index contributed by atoms with van der Waals surface area (Å²) >= 11 is 7.18. The fourth-order valence-electron chi connectivity index (χ4n) is 2.00. The fraction of sp³-hybridized carbons (Fsp3) is 0.235. The van der Waals surface area contributed by atoms with E-state index in [1.807, 2.05) is 0 Å². The summed E-state index contributed by atoms with van der Waals surface area (Å²) in [6.07, 6.45) is 2.80. The van der Waals surface area contributed by atoms with Crippen molar-refractivity contribution in [3.8, 4) is 0 Å². The molecule has 132 valence electrons. The minimum absolute atomic E-state index is 0.209. The molecule has 25 heavy (non-hydrogen) atoms. The lowest BCUT2D eigenvalue weighted by Gasteiger charge is -2.00. The topological polar surface area (TPSA) is 74.6 Å². The number of benzene rings is 1. The standard InChI is InChI=1S/C17H16ClNO5S/c1-3-24-15(20)9-14-19(10-16(21)23-2)17(22)13(25-14)8-11-6-4-5-7-12(11)18/h4-9H,3,10H2,1-2H3/b13-8-,14-9-. The van der Waals surface area contributed by atoms with E-state index in [9.17, 15) is 14.4 Å². The van der Waals surface area contributed by atoms with Gasteiger partial charge in [-0.2, -0.15) is 0 Å². The summed E-state index contributed by atoms with van der Waals surface area (Å²) in [5.41, 5.74) is 0.251. The van der Waals surface area contributed by atoms with Gasteiger partial charge in [0.15, 0.2) is 0 Å². The lowest BCUT2D eigenvalue weighted by Crippen LogP contribution is -2.34.